The Balaban J connectivity index is 1.32. The Morgan fingerprint density at radius 2 is 1.62 bits per heavy atom. The van der Waals surface area contributed by atoms with E-state index in [-0.39, 0.29) is 23.4 Å². The van der Waals surface area contributed by atoms with Crippen molar-refractivity contribution >= 4 is 17.5 Å². The smallest absolute Gasteiger partial charge is 0.254 e. The van der Waals surface area contributed by atoms with E-state index in [2.05, 4.69) is 5.32 Å². The van der Waals surface area contributed by atoms with Gasteiger partial charge < -0.3 is 14.8 Å². The third kappa shape index (κ3) is 4.53. The van der Waals surface area contributed by atoms with Crippen molar-refractivity contribution in [2.75, 3.05) is 5.32 Å². The quantitative estimate of drug-likeness (QED) is 0.623. The maximum Gasteiger partial charge on any atom is 0.254 e. The number of benzene rings is 2. The Morgan fingerprint density at radius 3 is 2.38 bits per heavy atom. The van der Waals surface area contributed by atoms with Gasteiger partial charge in [0.15, 0.2) is 0 Å². The number of nitrogens with one attached hydrogen (secondary N) is 1. The van der Waals surface area contributed by atoms with Crippen molar-refractivity contribution in [2.24, 2.45) is 5.92 Å². The van der Waals surface area contributed by atoms with E-state index < -0.39 is 6.04 Å². The molecule has 1 saturated carbocycles. The number of rotatable bonds is 5. The highest BCUT2D eigenvalue weighted by Gasteiger charge is 2.47. The Morgan fingerprint density at radius 1 is 0.882 bits per heavy atom. The molecule has 1 aliphatic heterocycles. The molecule has 3 aromatic rings. The van der Waals surface area contributed by atoms with Crippen molar-refractivity contribution in [3.8, 4) is 0 Å². The zero-order valence-electron chi connectivity index (χ0n) is 19.1. The second kappa shape index (κ2) is 9.67. The molecule has 174 valence electrons. The van der Waals surface area contributed by atoms with Crippen molar-refractivity contribution in [3.05, 3.63) is 100 Å². The van der Waals surface area contributed by atoms with Crippen LogP contribution in [0, 0.1) is 5.92 Å². The van der Waals surface area contributed by atoms with Gasteiger partial charge in [-0.15, -0.1) is 0 Å². The zero-order chi connectivity index (χ0) is 23.5. The number of nitrogens with zero attached hydrogens (tertiary/aromatic N) is 2. The predicted octanol–water partition coefficient (Wildman–Crippen LogP) is 4.31. The van der Waals surface area contributed by atoms with E-state index in [0.717, 1.165) is 31.2 Å². The van der Waals surface area contributed by atoms with Gasteiger partial charge in [0.2, 0.25) is 5.91 Å². The minimum atomic E-state index is -0.469. The van der Waals surface area contributed by atoms with Gasteiger partial charge in [0.25, 0.3) is 11.5 Å². The molecule has 3 unspecified atom stereocenters. The van der Waals surface area contributed by atoms with E-state index in [9.17, 15) is 14.4 Å². The van der Waals surface area contributed by atoms with Crippen molar-refractivity contribution in [1.82, 2.24) is 9.47 Å². The molecule has 0 radical (unpaired) electrons. The Labute approximate surface area is 199 Å². The number of carbonyl (C=O) groups is 2. The number of aromatic nitrogens is 1. The molecule has 5 rings (SSSR count). The summed E-state index contributed by atoms with van der Waals surface area (Å²) in [5, 5.41) is 3.03. The summed E-state index contributed by atoms with van der Waals surface area (Å²) >= 11 is 0. The van der Waals surface area contributed by atoms with E-state index in [1.807, 2.05) is 65.6 Å². The number of amides is 2. The highest BCUT2D eigenvalue weighted by molar-refractivity contribution is 6.01. The third-order valence-electron chi connectivity index (χ3n) is 7.12. The second-order valence-corrected chi connectivity index (χ2v) is 9.29. The van der Waals surface area contributed by atoms with Gasteiger partial charge in [0.05, 0.1) is 6.54 Å². The summed E-state index contributed by atoms with van der Waals surface area (Å²) in [6, 6.07) is 21.6. The first-order valence-electron chi connectivity index (χ1n) is 12.0. The zero-order valence-corrected chi connectivity index (χ0v) is 19.1. The lowest BCUT2D eigenvalue weighted by molar-refractivity contribution is -0.120. The second-order valence-electron chi connectivity index (χ2n) is 9.29. The molecule has 1 N–H and O–H groups in total. The van der Waals surface area contributed by atoms with Gasteiger partial charge in [-0.05, 0) is 61.1 Å². The van der Waals surface area contributed by atoms with Crippen LogP contribution in [-0.2, 0) is 11.3 Å². The van der Waals surface area contributed by atoms with Gasteiger partial charge in [-0.2, -0.15) is 0 Å². The number of fused-ring (bicyclic) bond motifs is 1. The minimum Gasteiger partial charge on any atom is -0.324 e. The average molecular weight is 456 g/mol. The van der Waals surface area contributed by atoms with Gasteiger partial charge in [0, 0.05) is 29.6 Å². The van der Waals surface area contributed by atoms with Crippen LogP contribution in [-0.4, -0.2) is 33.4 Å². The van der Waals surface area contributed by atoms with Crippen LogP contribution in [0.2, 0.25) is 0 Å². The summed E-state index contributed by atoms with van der Waals surface area (Å²) in [5.74, 6) is 0.188. The fourth-order valence-corrected chi connectivity index (χ4v) is 5.42. The first-order chi connectivity index (χ1) is 16.6. The largest absolute Gasteiger partial charge is 0.324 e. The van der Waals surface area contributed by atoms with Crippen LogP contribution in [0.15, 0.2) is 83.8 Å². The van der Waals surface area contributed by atoms with E-state index in [1.54, 1.807) is 16.8 Å². The third-order valence-corrected chi connectivity index (χ3v) is 7.12. The summed E-state index contributed by atoms with van der Waals surface area (Å²) in [5.41, 5.74) is 2.24. The normalized spacial score (nSPS) is 21.6. The van der Waals surface area contributed by atoms with Crippen molar-refractivity contribution in [3.63, 3.8) is 0 Å². The molecule has 1 aliphatic carbocycles. The van der Waals surface area contributed by atoms with Crippen LogP contribution >= 0.6 is 0 Å². The SMILES string of the molecule is O=C(Nc1ccc(Cn2ccccc2=O)cc1)C1CC2CCCCC2N1C(=O)c1ccccc1. The number of carbonyl (C=O) groups excluding carboxylic acids is 2. The molecular formula is C28H29N3O3. The monoisotopic (exact) mass is 455 g/mol. The lowest BCUT2D eigenvalue weighted by Gasteiger charge is -2.33. The molecule has 2 aliphatic rings. The first-order valence-corrected chi connectivity index (χ1v) is 12.0. The molecule has 2 amide bonds. The van der Waals surface area contributed by atoms with Gasteiger partial charge in [-0.1, -0.05) is 49.2 Å². The molecule has 2 heterocycles. The molecule has 0 bridgehead atoms. The van der Waals surface area contributed by atoms with Gasteiger partial charge in [-0.3, -0.25) is 14.4 Å². The van der Waals surface area contributed by atoms with Crippen LogP contribution in [0.3, 0.4) is 0 Å². The van der Waals surface area contributed by atoms with Crippen LogP contribution in [0.1, 0.15) is 48.0 Å². The Hall–Kier alpha value is -3.67. The lowest BCUT2D eigenvalue weighted by atomic mass is 9.84. The molecular weight excluding hydrogens is 426 g/mol. The molecule has 6 nitrogen and oxygen atoms in total. The highest BCUT2D eigenvalue weighted by Crippen LogP contribution is 2.40. The summed E-state index contributed by atoms with van der Waals surface area (Å²) in [4.78, 5) is 40.6. The summed E-state index contributed by atoms with van der Waals surface area (Å²) in [6.07, 6.45) is 6.76. The lowest BCUT2D eigenvalue weighted by Crippen LogP contribution is -2.47. The number of pyridine rings is 1. The number of likely N-dealkylation sites (tertiary alicyclic amines) is 1. The Bertz CT molecular complexity index is 1220. The van der Waals surface area contributed by atoms with Gasteiger partial charge in [0.1, 0.15) is 6.04 Å². The summed E-state index contributed by atoms with van der Waals surface area (Å²) < 4.78 is 1.64. The van der Waals surface area contributed by atoms with E-state index in [1.165, 1.54) is 6.07 Å². The summed E-state index contributed by atoms with van der Waals surface area (Å²) in [6.45, 7) is 0.471. The van der Waals surface area contributed by atoms with E-state index in [0.29, 0.717) is 30.1 Å². The molecule has 6 heteroatoms. The topological polar surface area (TPSA) is 71.4 Å². The maximum absolute atomic E-state index is 13.4. The van der Waals surface area contributed by atoms with E-state index >= 15 is 0 Å². The summed E-state index contributed by atoms with van der Waals surface area (Å²) in [7, 11) is 0. The minimum absolute atomic E-state index is 0.0502. The standard InChI is InChI=1S/C28H29N3O3/c32-26-12-6-7-17-30(26)19-20-13-15-23(16-14-20)29-27(33)25-18-22-10-4-5-11-24(22)31(25)28(34)21-8-2-1-3-9-21/h1-3,6-9,12-17,22,24-25H,4-5,10-11,18-19H2,(H,29,33). The maximum atomic E-state index is 13.4. The van der Waals surface area contributed by atoms with Crippen molar-refractivity contribution in [1.29, 1.82) is 0 Å². The van der Waals surface area contributed by atoms with Crippen molar-refractivity contribution < 1.29 is 9.59 Å². The van der Waals surface area contributed by atoms with Crippen molar-refractivity contribution in [2.45, 2.75) is 50.7 Å². The van der Waals surface area contributed by atoms with Crippen LogP contribution in [0.4, 0.5) is 5.69 Å². The molecule has 2 fully saturated rings. The Kier molecular flexibility index (Phi) is 6.30. The first kappa shape index (κ1) is 22.1. The number of hydrogen-bond donors (Lipinski definition) is 1. The average Bonchev–Trinajstić information content (AvgIpc) is 3.26. The van der Waals surface area contributed by atoms with Crippen LogP contribution in [0.5, 0.6) is 0 Å². The van der Waals surface area contributed by atoms with Gasteiger partial charge >= 0.3 is 0 Å². The highest BCUT2D eigenvalue weighted by atomic mass is 16.2. The number of anilines is 1. The molecule has 1 saturated heterocycles. The molecule has 2 aromatic carbocycles. The molecule has 1 aromatic heterocycles. The molecule has 0 spiro atoms. The van der Waals surface area contributed by atoms with Crippen LogP contribution in [0.25, 0.3) is 0 Å². The molecule has 3 atom stereocenters. The van der Waals surface area contributed by atoms with Crippen LogP contribution < -0.4 is 10.9 Å². The van der Waals surface area contributed by atoms with E-state index in [4.69, 9.17) is 0 Å². The fourth-order valence-electron chi connectivity index (χ4n) is 5.42. The number of hydrogen-bond acceptors (Lipinski definition) is 3. The van der Waals surface area contributed by atoms with Gasteiger partial charge in [-0.25, -0.2) is 0 Å². The fraction of sp³-hybridized carbons (Fsp3) is 0.321. The predicted molar refractivity (Wildman–Crippen MR) is 132 cm³/mol. The molecule has 34 heavy (non-hydrogen) atoms.